The quantitative estimate of drug-likeness (QED) is 0.504. The van der Waals surface area contributed by atoms with Gasteiger partial charge in [-0.25, -0.2) is 4.79 Å². The standard InChI is InChI=1S/C16H21N3O2S/c1-4-19-10(3)13(15(20)21-5-2)14(18-16(19)22)11-7-6-8-12(17)9-11/h6-9,14H,4-5,17H2,1-3H3,(H,18,22). The summed E-state index contributed by atoms with van der Waals surface area (Å²) in [6, 6.07) is 7.08. The van der Waals surface area contributed by atoms with E-state index in [4.69, 9.17) is 22.7 Å². The molecule has 1 unspecified atom stereocenters. The van der Waals surface area contributed by atoms with Crippen molar-refractivity contribution >= 4 is 29.0 Å². The maximum absolute atomic E-state index is 12.4. The van der Waals surface area contributed by atoms with Crippen LogP contribution in [0.4, 0.5) is 5.69 Å². The summed E-state index contributed by atoms with van der Waals surface area (Å²) in [4.78, 5) is 14.3. The van der Waals surface area contributed by atoms with E-state index in [9.17, 15) is 4.79 Å². The molecule has 1 aromatic rings. The van der Waals surface area contributed by atoms with Crippen LogP contribution in [0.2, 0.25) is 0 Å². The Morgan fingerprint density at radius 3 is 2.77 bits per heavy atom. The summed E-state index contributed by atoms with van der Waals surface area (Å²) < 4.78 is 5.22. The number of rotatable bonds is 4. The topological polar surface area (TPSA) is 67.6 Å². The molecule has 118 valence electrons. The van der Waals surface area contributed by atoms with Gasteiger partial charge in [-0.05, 0) is 50.7 Å². The lowest BCUT2D eigenvalue weighted by Crippen LogP contribution is -2.47. The highest BCUT2D eigenvalue weighted by molar-refractivity contribution is 7.80. The van der Waals surface area contributed by atoms with Crippen molar-refractivity contribution in [2.75, 3.05) is 18.9 Å². The third-order valence-electron chi connectivity index (χ3n) is 3.65. The highest BCUT2D eigenvalue weighted by Gasteiger charge is 2.34. The Hall–Kier alpha value is -2.08. The van der Waals surface area contributed by atoms with Crippen LogP contribution in [0.25, 0.3) is 0 Å². The zero-order valence-corrected chi connectivity index (χ0v) is 13.9. The Bertz CT molecular complexity index is 628. The van der Waals surface area contributed by atoms with Crippen molar-refractivity contribution in [2.45, 2.75) is 26.8 Å². The first kappa shape index (κ1) is 16.3. The Morgan fingerprint density at radius 1 is 1.45 bits per heavy atom. The van der Waals surface area contributed by atoms with Crippen molar-refractivity contribution in [2.24, 2.45) is 0 Å². The molecule has 0 saturated heterocycles. The lowest BCUT2D eigenvalue weighted by atomic mass is 9.94. The van der Waals surface area contributed by atoms with Crippen LogP contribution in [0.1, 0.15) is 32.4 Å². The molecule has 2 rings (SSSR count). The monoisotopic (exact) mass is 319 g/mol. The third-order valence-corrected chi connectivity index (χ3v) is 3.99. The maximum Gasteiger partial charge on any atom is 0.338 e. The lowest BCUT2D eigenvalue weighted by Gasteiger charge is -2.37. The first-order valence-electron chi connectivity index (χ1n) is 7.30. The van der Waals surface area contributed by atoms with Gasteiger partial charge in [0.1, 0.15) is 0 Å². The number of anilines is 1. The number of carbonyl (C=O) groups is 1. The number of benzene rings is 1. The van der Waals surface area contributed by atoms with E-state index in [1.54, 1.807) is 6.92 Å². The molecule has 1 aliphatic rings. The molecular weight excluding hydrogens is 298 g/mol. The number of allylic oxidation sites excluding steroid dienone is 1. The van der Waals surface area contributed by atoms with Crippen LogP contribution in [0.15, 0.2) is 35.5 Å². The van der Waals surface area contributed by atoms with Crippen molar-refractivity contribution in [3.8, 4) is 0 Å². The van der Waals surface area contributed by atoms with E-state index in [0.717, 1.165) is 11.3 Å². The molecule has 0 aromatic heterocycles. The summed E-state index contributed by atoms with van der Waals surface area (Å²) in [6.45, 7) is 6.69. The lowest BCUT2D eigenvalue weighted by molar-refractivity contribution is -0.139. The van der Waals surface area contributed by atoms with E-state index in [1.165, 1.54) is 0 Å². The molecule has 0 radical (unpaired) electrons. The smallest absolute Gasteiger partial charge is 0.338 e. The number of ether oxygens (including phenoxy) is 1. The molecule has 3 N–H and O–H groups in total. The van der Waals surface area contributed by atoms with E-state index < -0.39 is 0 Å². The molecule has 1 heterocycles. The average Bonchev–Trinajstić information content (AvgIpc) is 2.47. The van der Waals surface area contributed by atoms with Crippen molar-refractivity contribution in [3.63, 3.8) is 0 Å². The molecule has 1 aliphatic heterocycles. The molecule has 0 saturated carbocycles. The molecule has 5 nitrogen and oxygen atoms in total. The highest BCUT2D eigenvalue weighted by atomic mass is 32.1. The van der Waals surface area contributed by atoms with Gasteiger partial charge in [-0.1, -0.05) is 12.1 Å². The van der Waals surface area contributed by atoms with Gasteiger partial charge >= 0.3 is 5.97 Å². The first-order valence-corrected chi connectivity index (χ1v) is 7.71. The van der Waals surface area contributed by atoms with Crippen LogP contribution in [0.3, 0.4) is 0 Å². The van der Waals surface area contributed by atoms with Crippen LogP contribution >= 0.6 is 12.2 Å². The minimum absolute atomic E-state index is 0.329. The number of hydrogen-bond donors (Lipinski definition) is 2. The van der Waals surface area contributed by atoms with Crippen molar-refractivity contribution < 1.29 is 9.53 Å². The van der Waals surface area contributed by atoms with Gasteiger partial charge in [-0.2, -0.15) is 0 Å². The summed E-state index contributed by atoms with van der Waals surface area (Å²) in [6.07, 6.45) is 0. The predicted molar refractivity (Wildman–Crippen MR) is 91.0 cm³/mol. The molecule has 1 atom stereocenters. The zero-order valence-electron chi connectivity index (χ0n) is 13.1. The summed E-state index contributed by atoms with van der Waals surface area (Å²) >= 11 is 5.41. The second kappa shape index (κ2) is 6.79. The van der Waals surface area contributed by atoms with Crippen LogP contribution < -0.4 is 11.1 Å². The minimum Gasteiger partial charge on any atom is -0.463 e. The molecule has 0 spiro atoms. The van der Waals surface area contributed by atoms with Gasteiger partial charge in [0.05, 0.1) is 18.2 Å². The average molecular weight is 319 g/mol. The zero-order chi connectivity index (χ0) is 16.3. The second-order valence-corrected chi connectivity index (χ2v) is 5.40. The Kier molecular flexibility index (Phi) is 5.03. The van der Waals surface area contributed by atoms with Gasteiger partial charge in [0.2, 0.25) is 0 Å². The fourth-order valence-electron chi connectivity index (χ4n) is 2.62. The molecule has 0 amide bonds. The SMILES string of the molecule is CCOC(=O)C1=C(C)N(CC)C(=S)NC1c1cccc(N)c1. The van der Waals surface area contributed by atoms with Crippen LogP contribution in [-0.2, 0) is 9.53 Å². The van der Waals surface area contributed by atoms with Crippen LogP contribution in [0, 0.1) is 0 Å². The number of hydrogen-bond acceptors (Lipinski definition) is 4. The molecule has 0 bridgehead atoms. The Balaban J connectivity index is 2.53. The van der Waals surface area contributed by atoms with Gasteiger partial charge in [-0.15, -0.1) is 0 Å². The summed E-state index contributed by atoms with van der Waals surface area (Å²) in [5, 5.41) is 3.82. The molecule has 6 heteroatoms. The van der Waals surface area contributed by atoms with Gasteiger partial charge in [-0.3, -0.25) is 0 Å². The van der Waals surface area contributed by atoms with E-state index in [1.807, 2.05) is 43.0 Å². The van der Waals surface area contributed by atoms with E-state index >= 15 is 0 Å². The first-order chi connectivity index (χ1) is 10.5. The number of carbonyl (C=O) groups excluding carboxylic acids is 1. The van der Waals surface area contributed by atoms with Gasteiger partial charge < -0.3 is 20.7 Å². The number of esters is 1. The molecule has 22 heavy (non-hydrogen) atoms. The van der Waals surface area contributed by atoms with E-state index in [2.05, 4.69) is 5.32 Å². The summed E-state index contributed by atoms with van der Waals surface area (Å²) in [5.41, 5.74) is 8.79. The van der Waals surface area contributed by atoms with Gasteiger partial charge in [0.25, 0.3) is 0 Å². The number of nitrogen functional groups attached to an aromatic ring is 1. The largest absolute Gasteiger partial charge is 0.463 e. The number of thiocarbonyl (C=S) groups is 1. The van der Waals surface area contributed by atoms with Crippen LogP contribution in [0.5, 0.6) is 0 Å². The van der Waals surface area contributed by atoms with Crippen LogP contribution in [-0.4, -0.2) is 29.1 Å². The Labute approximate surface area is 136 Å². The molecular formula is C16H21N3O2S. The summed E-state index contributed by atoms with van der Waals surface area (Å²) in [5.74, 6) is -0.333. The Morgan fingerprint density at radius 2 is 2.18 bits per heavy atom. The van der Waals surface area contributed by atoms with Crippen molar-refractivity contribution in [1.82, 2.24) is 10.2 Å². The fourth-order valence-corrected chi connectivity index (χ4v) is 3.01. The predicted octanol–water partition coefficient (Wildman–Crippen LogP) is 2.36. The number of nitrogens with two attached hydrogens (primary N) is 1. The van der Waals surface area contributed by atoms with Crippen molar-refractivity contribution in [1.29, 1.82) is 0 Å². The van der Waals surface area contributed by atoms with E-state index in [-0.39, 0.29) is 12.0 Å². The van der Waals surface area contributed by atoms with E-state index in [0.29, 0.717) is 29.5 Å². The number of nitrogens with zero attached hydrogens (tertiary/aromatic N) is 1. The highest BCUT2D eigenvalue weighted by Crippen LogP contribution is 2.31. The third kappa shape index (κ3) is 3.06. The fraction of sp³-hybridized carbons (Fsp3) is 0.375. The molecule has 0 fully saturated rings. The summed E-state index contributed by atoms with van der Waals surface area (Å²) in [7, 11) is 0. The maximum atomic E-state index is 12.4. The molecule has 0 aliphatic carbocycles. The second-order valence-electron chi connectivity index (χ2n) is 5.02. The number of nitrogens with one attached hydrogen (secondary N) is 1. The van der Waals surface area contributed by atoms with Gasteiger partial charge in [0.15, 0.2) is 5.11 Å². The van der Waals surface area contributed by atoms with Crippen molar-refractivity contribution in [3.05, 3.63) is 41.1 Å². The normalized spacial score (nSPS) is 18.2. The van der Waals surface area contributed by atoms with Gasteiger partial charge in [0, 0.05) is 17.9 Å². The minimum atomic E-state index is -0.349. The molecule has 1 aromatic carbocycles.